The molecule has 3 rings (SSSR count). The summed E-state index contributed by atoms with van der Waals surface area (Å²) in [5.41, 5.74) is 2.10. The van der Waals surface area contributed by atoms with Crippen LogP contribution in [0, 0.1) is 6.92 Å². The first-order valence-corrected chi connectivity index (χ1v) is 12.9. The van der Waals surface area contributed by atoms with Crippen molar-refractivity contribution in [2.45, 2.75) is 31.2 Å². The maximum atomic E-state index is 13.7. The largest absolute Gasteiger partial charge is 0.497 e. The van der Waals surface area contributed by atoms with E-state index >= 15 is 0 Å². The Morgan fingerprint density at radius 1 is 0.889 bits per heavy atom. The van der Waals surface area contributed by atoms with Gasteiger partial charge in [0.1, 0.15) is 12.3 Å². The molecule has 1 amide bonds. The van der Waals surface area contributed by atoms with Crippen LogP contribution in [0.4, 0.5) is 5.69 Å². The second-order valence-corrected chi connectivity index (χ2v) is 10.0. The van der Waals surface area contributed by atoms with Crippen molar-refractivity contribution in [2.24, 2.45) is 0 Å². The van der Waals surface area contributed by atoms with Crippen LogP contribution >= 0.6 is 0 Å². The molecule has 0 saturated carbocycles. The molecule has 3 aromatic carbocycles. The molecule has 0 aliphatic carbocycles. The highest BCUT2D eigenvalue weighted by molar-refractivity contribution is 7.92. The highest BCUT2D eigenvalue weighted by Crippen LogP contribution is 2.34. The average Bonchev–Trinajstić information content (AvgIpc) is 2.90. The van der Waals surface area contributed by atoms with Gasteiger partial charge in [-0.15, -0.1) is 0 Å². The number of carbonyl (C=O) groups is 1. The molecule has 0 heterocycles. The van der Waals surface area contributed by atoms with Crippen molar-refractivity contribution in [2.75, 3.05) is 32.2 Å². The number of benzene rings is 3. The highest BCUT2D eigenvalue weighted by atomic mass is 32.2. The van der Waals surface area contributed by atoms with Crippen molar-refractivity contribution in [1.82, 2.24) is 5.32 Å². The molecule has 0 unspecified atom stereocenters. The molecule has 0 radical (unpaired) electrons. The van der Waals surface area contributed by atoms with Crippen molar-refractivity contribution >= 4 is 21.6 Å². The van der Waals surface area contributed by atoms with Gasteiger partial charge in [0.2, 0.25) is 5.91 Å². The monoisotopic (exact) mass is 512 g/mol. The summed E-state index contributed by atoms with van der Waals surface area (Å²) in [5.74, 6) is 1.07. The van der Waals surface area contributed by atoms with Crippen LogP contribution in [0.15, 0.2) is 71.6 Å². The van der Waals surface area contributed by atoms with Crippen LogP contribution in [0.1, 0.15) is 30.5 Å². The molecule has 3 aromatic rings. The first-order valence-electron chi connectivity index (χ1n) is 11.5. The molecule has 1 atom stereocenters. The number of nitrogens with zero attached hydrogens (tertiary/aromatic N) is 1. The molecule has 0 aliphatic rings. The van der Waals surface area contributed by atoms with Crippen LogP contribution in [-0.4, -0.2) is 42.2 Å². The number of aryl methyl sites for hydroxylation is 1. The average molecular weight is 513 g/mol. The van der Waals surface area contributed by atoms with Gasteiger partial charge in [0.05, 0.1) is 38.0 Å². The number of carbonyl (C=O) groups excluding carboxylic acids is 1. The van der Waals surface area contributed by atoms with Gasteiger partial charge in [-0.25, -0.2) is 8.42 Å². The topological polar surface area (TPSA) is 94.2 Å². The Morgan fingerprint density at radius 2 is 1.53 bits per heavy atom. The van der Waals surface area contributed by atoms with Crippen molar-refractivity contribution in [3.8, 4) is 17.2 Å². The zero-order valence-corrected chi connectivity index (χ0v) is 22.0. The van der Waals surface area contributed by atoms with Gasteiger partial charge < -0.3 is 19.5 Å². The van der Waals surface area contributed by atoms with Crippen LogP contribution in [0.25, 0.3) is 0 Å². The predicted octanol–water partition coefficient (Wildman–Crippen LogP) is 4.48. The van der Waals surface area contributed by atoms with E-state index in [2.05, 4.69) is 5.32 Å². The molecule has 0 saturated heterocycles. The minimum Gasteiger partial charge on any atom is -0.497 e. The van der Waals surface area contributed by atoms with Gasteiger partial charge in [-0.3, -0.25) is 9.10 Å². The number of sulfonamides is 1. The van der Waals surface area contributed by atoms with Crippen LogP contribution < -0.4 is 23.8 Å². The van der Waals surface area contributed by atoms with Crippen LogP contribution in [-0.2, 0) is 14.8 Å². The van der Waals surface area contributed by atoms with E-state index in [1.165, 1.54) is 26.4 Å². The highest BCUT2D eigenvalue weighted by Gasteiger charge is 2.29. The Hall–Kier alpha value is -3.72. The number of hydrogen-bond donors (Lipinski definition) is 1. The first-order chi connectivity index (χ1) is 17.2. The van der Waals surface area contributed by atoms with Gasteiger partial charge in [-0.2, -0.15) is 0 Å². The Labute approximate surface area is 212 Å². The smallest absolute Gasteiger partial charge is 0.264 e. The summed E-state index contributed by atoms with van der Waals surface area (Å²) in [6.07, 6.45) is 0.624. The summed E-state index contributed by atoms with van der Waals surface area (Å²) in [4.78, 5) is 13.3. The predicted molar refractivity (Wildman–Crippen MR) is 139 cm³/mol. The summed E-state index contributed by atoms with van der Waals surface area (Å²) >= 11 is 0. The molecule has 0 aliphatic heterocycles. The van der Waals surface area contributed by atoms with Crippen molar-refractivity contribution in [3.63, 3.8) is 0 Å². The molecule has 8 nitrogen and oxygen atoms in total. The Morgan fingerprint density at radius 3 is 2.08 bits per heavy atom. The third-order valence-electron chi connectivity index (χ3n) is 5.81. The number of amides is 1. The lowest BCUT2D eigenvalue weighted by molar-refractivity contribution is -0.120. The molecule has 0 aromatic heterocycles. The lowest BCUT2D eigenvalue weighted by Crippen LogP contribution is -2.42. The third kappa shape index (κ3) is 6.09. The third-order valence-corrected chi connectivity index (χ3v) is 7.60. The number of hydrogen-bond acceptors (Lipinski definition) is 6. The molecular weight excluding hydrogens is 480 g/mol. The van der Waals surface area contributed by atoms with Gasteiger partial charge in [0.15, 0.2) is 11.5 Å². The van der Waals surface area contributed by atoms with E-state index in [4.69, 9.17) is 14.2 Å². The first kappa shape index (κ1) is 26.9. The van der Waals surface area contributed by atoms with E-state index in [1.807, 2.05) is 38.1 Å². The van der Waals surface area contributed by atoms with Gasteiger partial charge >= 0.3 is 0 Å². The van der Waals surface area contributed by atoms with E-state index in [0.29, 0.717) is 23.7 Å². The number of rotatable bonds is 11. The van der Waals surface area contributed by atoms with Gasteiger partial charge in [0.25, 0.3) is 10.0 Å². The molecule has 36 heavy (non-hydrogen) atoms. The summed E-state index contributed by atoms with van der Waals surface area (Å²) in [6.45, 7) is 3.41. The van der Waals surface area contributed by atoms with Gasteiger partial charge in [-0.1, -0.05) is 36.8 Å². The minimum atomic E-state index is -4.07. The summed E-state index contributed by atoms with van der Waals surface area (Å²) in [5, 5.41) is 2.96. The second-order valence-electron chi connectivity index (χ2n) is 8.17. The lowest BCUT2D eigenvalue weighted by atomic mass is 10.0. The van der Waals surface area contributed by atoms with E-state index in [1.54, 1.807) is 37.4 Å². The van der Waals surface area contributed by atoms with Crippen LogP contribution in [0.2, 0.25) is 0 Å². The molecular formula is C27H32N2O6S. The molecule has 0 bridgehead atoms. The SMILES string of the molecule is CC[C@H](NC(=O)CN(c1ccc(OC)c(OC)c1)S(=O)(=O)c1ccc(C)cc1)c1ccc(OC)cc1. The van der Waals surface area contributed by atoms with E-state index in [9.17, 15) is 13.2 Å². The fraction of sp³-hybridized carbons (Fsp3) is 0.296. The van der Waals surface area contributed by atoms with Crippen molar-refractivity contribution in [1.29, 1.82) is 0 Å². The van der Waals surface area contributed by atoms with E-state index in [0.717, 1.165) is 15.4 Å². The molecule has 192 valence electrons. The fourth-order valence-electron chi connectivity index (χ4n) is 3.76. The summed E-state index contributed by atoms with van der Waals surface area (Å²) in [7, 11) is 0.484. The zero-order valence-electron chi connectivity index (χ0n) is 21.1. The minimum absolute atomic E-state index is 0.0814. The van der Waals surface area contributed by atoms with Crippen molar-refractivity contribution in [3.05, 3.63) is 77.9 Å². The lowest BCUT2D eigenvalue weighted by Gasteiger charge is -2.26. The molecule has 9 heteroatoms. The Kier molecular flexibility index (Phi) is 8.82. The second kappa shape index (κ2) is 11.8. The zero-order chi connectivity index (χ0) is 26.3. The van der Waals surface area contributed by atoms with Gasteiger partial charge in [-0.05, 0) is 55.3 Å². The Bertz CT molecular complexity index is 1270. The standard InChI is InChI=1S/C27H32N2O6S/c1-6-24(20-9-12-22(33-3)13-10-20)28-27(30)18-29(21-11-16-25(34-4)26(17-21)35-5)36(31,32)23-14-7-19(2)8-15-23/h7-17,24H,6,18H2,1-5H3,(H,28,30)/t24-/m0/s1. The summed E-state index contributed by atoms with van der Waals surface area (Å²) in [6, 6.07) is 18.3. The number of ether oxygens (including phenoxy) is 3. The van der Waals surface area contributed by atoms with E-state index in [-0.39, 0.29) is 16.6 Å². The molecule has 0 spiro atoms. The van der Waals surface area contributed by atoms with Crippen LogP contribution in [0.3, 0.4) is 0 Å². The molecule has 1 N–H and O–H groups in total. The van der Waals surface area contributed by atoms with Gasteiger partial charge in [0, 0.05) is 6.07 Å². The summed E-state index contributed by atoms with van der Waals surface area (Å²) < 4.78 is 44.3. The quantitative estimate of drug-likeness (QED) is 0.407. The fourth-order valence-corrected chi connectivity index (χ4v) is 5.17. The van der Waals surface area contributed by atoms with Crippen molar-refractivity contribution < 1.29 is 27.4 Å². The van der Waals surface area contributed by atoms with E-state index < -0.39 is 22.5 Å². The van der Waals surface area contributed by atoms with Crippen LogP contribution in [0.5, 0.6) is 17.2 Å². The molecule has 0 fully saturated rings. The maximum absolute atomic E-state index is 13.7. The number of nitrogens with one attached hydrogen (secondary N) is 1. The number of methoxy groups -OCH3 is 3. The normalized spacial score (nSPS) is 11.9. The number of anilines is 1. The maximum Gasteiger partial charge on any atom is 0.264 e. The Balaban J connectivity index is 1.95.